The zero-order valence-electron chi connectivity index (χ0n) is 18.0. The number of ether oxygens (including phenoxy) is 1. The van der Waals surface area contributed by atoms with E-state index in [1.54, 1.807) is 35.3 Å². The molecule has 7 nitrogen and oxygen atoms in total. The van der Waals surface area contributed by atoms with Crippen LogP contribution in [0, 0.1) is 12.8 Å². The Hall–Kier alpha value is -3.13. The highest BCUT2D eigenvalue weighted by Crippen LogP contribution is 2.35. The fourth-order valence-electron chi connectivity index (χ4n) is 4.24. The number of carboxylic acid groups (broad SMARTS) is 1. The van der Waals surface area contributed by atoms with E-state index in [0.717, 1.165) is 34.2 Å². The molecule has 1 N–H and O–H groups in total. The maximum atomic E-state index is 12.9. The SMILES string of the molecule is Cc1ccsc1-c1cc(=O)oc2cc(OC(C)C(=O)N3CCC[C@H](CC(=O)O)C3)ccc12. The highest BCUT2D eigenvalue weighted by Gasteiger charge is 2.29. The predicted molar refractivity (Wildman–Crippen MR) is 122 cm³/mol. The second kappa shape index (κ2) is 9.16. The predicted octanol–water partition coefficient (Wildman–Crippen LogP) is 4.31. The van der Waals surface area contributed by atoms with Crippen molar-refractivity contribution in [2.75, 3.05) is 13.1 Å². The van der Waals surface area contributed by atoms with E-state index in [0.29, 0.717) is 24.4 Å². The van der Waals surface area contributed by atoms with Gasteiger partial charge in [-0.3, -0.25) is 9.59 Å². The highest BCUT2D eigenvalue weighted by molar-refractivity contribution is 7.13. The van der Waals surface area contributed by atoms with E-state index in [4.69, 9.17) is 14.3 Å². The van der Waals surface area contributed by atoms with Gasteiger partial charge in [0.25, 0.3) is 5.91 Å². The van der Waals surface area contributed by atoms with E-state index in [1.807, 2.05) is 24.4 Å². The fraction of sp³-hybridized carbons (Fsp3) is 0.375. The van der Waals surface area contributed by atoms with Crippen molar-refractivity contribution in [2.24, 2.45) is 5.92 Å². The first-order valence-corrected chi connectivity index (χ1v) is 11.5. The lowest BCUT2D eigenvalue weighted by molar-refractivity contribution is -0.143. The number of rotatable bonds is 6. The Morgan fingerprint density at radius 1 is 1.31 bits per heavy atom. The number of nitrogens with zero attached hydrogens (tertiary/aromatic N) is 1. The van der Waals surface area contributed by atoms with E-state index in [2.05, 4.69) is 0 Å². The molecule has 0 aliphatic carbocycles. The monoisotopic (exact) mass is 455 g/mol. The number of aliphatic carboxylic acids is 1. The first-order chi connectivity index (χ1) is 15.3. The van der Waals surface area contributed by atoms with Crippen molar-refractivity contribution < 1.29 is 23.8 Å². The Balaban J connectivity index is 1.53. The Morgan fingerprint density at radius 3 is 2.84 bits per heavy atom. The molecule has 1 amide bonds. The molecule has 3 heterocycles. The molecule has 0 saturated carbocycles. The number of carbonyl (C=O) groups excluding carboxylic acids is 1. The number of piperidine rings is 1. The van der Waals surface area contributed by atoms with E-state index in [9.17, 15) is 14.4 Å². The van der Waals surface area contributed by atoms with Gasteiger partial charge in [0.05, 0.1) is 0 Å². The average molecular weight is 456 g/mol. The van der Waals surface area contributed by atoms with Gasteiger partial charge in [0.1, 0.15) is 11.3 Å². The lowest BCUT2D eigenvalue weighted by Crippen LogP contribution is -2.46. The summed E-state index contributed by atoms with van der Waals surface area (Å²) in [5.74, 6) is -0.625. The van der Waals surface area contributed by atoms with Gasteiger partial charge in [-0.25, -0.2) is 4.79 Å². The molecule has 1 aliphatic rings. The maximum absolute atomic E-state index is 12.9. The second-order valence-electron chi connectivity index (χ2n) is 8.22. The van der Waals surface area contributed by atoms with Gasteiger partial charge < -0.3 is 19.2 Å². The van der Waals surface area contributed by atoms with Crippen molar-refractivity contribution in [3.05, 3.63) is 51.7 Å². The zero-order chi connectivity index (χ0) is 22.8. The first kappa shape index (κ1) is 22.1. The number of carbonyl (C=O) groups is 2. The van der Waals surface area contributed by atoms with Crippen LogP contribution in [0.3, 0.4) is 0 Å². The van der Waals surface area contributed by atoms with Crippen LogP contribution in [0.4, 0.5) is 0 Å². The third-order valence-corrected chi connectivity index (χ3v) is 6.83. The van der Waals surface area contributed by atoms with Crippen molar-refractivity contribution in [3.8, 4) is 16.2 Å². The minimum absolute atomic E-state index is 0.0357. The Bertz CT molecular complexity index is 1210. The van der Waals surface area contributed by atoms with E-state index < -0.39 is 17.7 Å². The molecule has 1 fully saturated rings. The van der Waals surface area contributed by atoms with Gasteiger partial charge in [0.2, 0.25) is 0 Å². The minimum atomic E-state index is -0.844. The Morgan fingerprint density at radius 2 is 2.12 bits per heavy atom. The molecule has 4 rings (SSSR count). The molecular formula is C24H25NO6S. The molecule has 1 aromatic carbocycles. The third kappa shape index (κ3) is 4.70. The van der Waals surface area contributed by atoms with Crippen LogP contribution >= 0.6 is 11.3 Å². The number of carboxylic acids is 1. The smallest absolute Gasteiger partial charge is 0.336 e. The van der Waals surface area contributed by atoms with E-state index in [1.165, 1.54) is 6.07 Å². The summed E-state index contributed by atoms with van der Waals surface area (Å²) in [5, 5.41) is 11.8. The summed E-state index contributed by atoms with van der Waals surface area (Å²) >= 11 is 1.57. The van der Waals surface area contributed by atoms with Gasteiger partial charge in [-0.05, 0) is 61.7 Å². The fourth-order valence-corrected chi connectivity index (χ4v) is 5.20. The summed E-state index contributed by atoms with van der Waals surface area (Å²) in [4.78, 5) is 38.7. The van der Waals surface area contributed by atoms with Gasteiger partial charge in [0.15, 0.2) is 6.10 Å². The summed E-state index contributed by atoms with van der Waals surface area (Å²) < 4.78 is 11.3. The molecule has 1 aliphatic heterocycles. The summed E-state index contributed by atoms with van der Waals surface area (Å²) in [6.45, 7) is 4.70. The van der Waals surface area contributed by atoms with Crippen molar-refractivity contribution in [1.82, 2.24) is 4.90 Å². The van der Waals surface area contributed by atoms with Gasteiger partial charge in [-0.1, -0.05) is 0 Å². The lowest BCUT2D eigenvalue weighted by atomic mass is 9.94. The van der Waals surface area contributed by atoms with Crippen LogP contribution in [0.25, 0.3) is 21.4 Å². The number of amides is 1. The zero-order valence-corrected chi connectivity index (χ0v) is 18.8. The molecule has 2 atom stereocenters. The average Bonchev–Trinajstić information content (AvgIpc) is 3.17. The topological polar surface area (TPSA) is 97.0 Å². The number of aryl methyl sites for hydroxylation is 1. The molecule has 8 heteroatoms. The molecule has 0 bridgehead atoms. The van der Waals surface area contributed by atoms with Crippen LogP contribution in [0.5, 0.6) is 5.75 Å². The molecule has 32 heavy (non-hydrogen) atoms. The van der Waals surface area contributed by atoms with Gasteiger partial charge in [-0.2, -0.15) is 0 Å². The summed E-state index contributed by atoms with van der Waals surface area (Å²) in [7, 11) is 0. The van der Waals surface area contributed by atoms with E-state index >= 15 is 0 Å². The molecule has 168 valence electrons. The molecule has 0 radical (unpaired) electrons. The molecule has 1 saturated heterocycles. The molecule has 1 unspecified atom stereocenters. The standard InChI is InChI=1S/C24H25NO6S/c1-14-7-9-32-23(14)19-12-22(28)31-20-11-17(5-6-18(19)20)30-15(2)24(29)25-8-3-4-16(13-25)10-21(26)27/h5-7,9,11-12,15-16H,3-4,8,10,13H2,1-2H3,(H,26,27)/t15?,16-/m1/s1. The number of benzene rings is 1. The molecular weight excluding hydrogens is 430 g/mol. The van der Waals surface area contributed by atoms with Crippen molar-refractivity contribution in [2.45, 2.75) is 39.2 Å². The van der Waals surface area contributed by atoms with Gasteiger partial charge in [-0.15, -0.1) is 11.3 Å². The third-order valence-electron chi connectivity index (χ3n) is 5.78. The minimum Gasteiger partial charge on any atom is -0.481 e. The lowest BCUT2D eigenvalue weighted by Gasteiger charge is -2.33. The Labute approximate surface area is 189 Å². The highest BCUT2D eigenvalue weighted by atomic mass is 32.1. The van der Waals surface area contributed by atoms with E-state index in [-0.39, 0.29) is 18.2 Å². The first-order valence-electron chi connectivity index (χ1n) is 10.6. The van der Waals surface area contributed by atoms with Gasteiger partial charge >= 0.3 is 11.6 Å². The maximum Gasteiger partial charge on any atom is 0.336 e. The van der Waals surface area contributed by atoms with Crippen molar-refractivity contribution in [3.63, 3.8) is 0 Å². The Kier molecular flexibility index (Phi) is 6.32. The van der Waals surface area contributed by atoms with Crippen molar-refractivity contribution >= 4 is 34.2 Å². The number of hydrogen-bond donors (Lipinski definition) is 1. The number of likely N-dealkylation sites (tertiary alicyclic amines) is 1. The normalized spacial score (nSPS) is 17.3. The van der Waals surface area contributed by atoms with Crippen molar-refractivity contribution in [1.29, 1.82) is 0 Å². The number of thiophene rings is 1. The number of fused-ring (bicyclic) bond motifs is 1. The molecule has 2 aromatic heterocycles. The van der Waals surface area contributed by atoms with Crippen LogP contribution in [0.2, 0.25) is 0 Å². The largest absolute Gasteiger partial charge is 0.481 e. The quantitative estimate of drug-likeness (QED) is 0.557. The molecule has 3 aromatic rings. The van der Waals surface area contributed by atoms with Gasteiger partial charge in [0, 0.05) is 47.5 Å². The molecule has 0 spiro atoms. The van der Waals surface area contributed by atoms with Crippen LogP contribution < -0.4 is 10.4 Å². The summed E-state index contributed by atoms with van der Waals surface area (Å²) in [5.41, 5.74) is 1.86. The second-order valence-corrected chi connectivity index (χ2v) is 9.14. The van der Waals surface area contributed by atoms with Crippen LogP contribution in [0.1, 0.15) is 31.7 Å². The summed E-state index contributed by atoms with van der Waals surface area (Å²) in [6.07, 6.45) is 0.906. The van der Waals surface area contributed by atoms with Crippen LogP contribution in [-0.2, 0) is 9.59 Å². The van der Waals surface area contributed by atoms with Crippen LogP contribution in [-0.4, -0.2) is 41.1 Å². The number of hydrogen-bond acceptors (Lipinski definition) is 6. The summed E-state index contributed by atoms with van der Waals surface area (Å²) in [6, 6.07) is 8.74. The van der Waals surface area contributed by atoms with Crippen LogP contribution in [0.15, 0.2) is 44.9 Å².